The second-order valence-electron chi connectivity index (χ2n) is 12.5. The van der Waals surface area contributed by atoms with Gasteiger partial charge in [0.15, 0.2) is 5.82 Å². The van der Waals surface area contributed by atoms with Crippen LogP contribution in [0.25, 0.3) is 32.9 Å². The van der Waals surface area contributed by atoms with Gasteiger partial charge < -0.3 is 19.9 Å². The van der Waals surface area contributed by atoms with Crippen molar-refractivity contribution >= 4 is 27.6 Å². The number of halogens is 3. The Labute approximate surface area is 242 Å². The van der Waals surface area contributed by atoms with Crippen molar-refractivity contribution in [1.29, 1.82) is 0 Å². The molecule has 4 saturated heterocycles. The number of ether oxygens (including phenoxy) is 1. The van der Waals surface area contributed by atoms with E-state index in [4.69, 9.17) is 9.72 Å². The van der Waals surface area contributed by atoms with E-state index in [2.05, 4.69) is 25.1 Å². The summed E-state index contributed by atoms with van der Waals surface area (Å²) in [6, 6.07) is 5.06. The molecule has 6 heterocycles. The number of aromatic nitrogens is 3. The minimum absolute atomic E-state index is 0.0216. The lowest BCUT2D eigenvalue weighted by Gasteiger charge is -2.34. The van der Waals surface area contributed by atoms with E-state index in [9.17, 15) is 4.39 Å². The Morgan fingerprint density at radius 2 is 1.79 bits per heavy atom. The largest absolute Gasteiger partial charge is 0.461 e. The van der Waals surface area contributed by atoms with Crippen LogP contribution in [0.15, 0.2) is 24.4 Å². The van der Waals surface area contributed by atoms with Crippen molar-refractivity contribution in [2.75, 3.05) is 37.7 Å². The monoisotopic (exact) mass is 576 g/mol. The van der Waals surface area contributed by atoms with Crippen molar-refractivity contribution in [3.8, 4) is 17.1 Å². The SMILES string of the molecule is CCc1c(F)ccc2[nH]cc(-c3c(F)cc4c(N5CC6CCC(C5)N6)nc(OCC56CCCN5CCC6)nc4c3F)c12. The zero-order valence-electron chi connectivity index (χ0n) is 23.8. The van der Waals surface area contributed by atoms with Gasteiger partial charge in [0.1, 0.15) is 29.6 Å². The van der Waals surface area contributed by atoms with Gasteiger partial charge in [-0.15, -0.1) is 0 Å². The second kappa shape index (κ2) is 9.84. The van der Waals surface area contributed by atoms with E-state index in [1.807, 2.05) is 6.92 Å². The van der Waals surface area contributed by atoms with Crippen molar-refractivity contribution in [2.24, 2.45) is 0 Å². The minimum Gasteiger partial charge on any atom is -0.461 e. The Morgan fingerprint density at radius 1 is 1.02 bits per heavy atom. The molecule has 8 rings (SSSR count). The lowest BCUT2D eigenvalue weighted by Crippen LogP contribution is -2.51. The van der Waals surface area contributed by atoms with Gasteiger partial charge in [0.25, 0.3) is 0 Å². The Bertz CT molecular complexity index is 1680. The maximum Gasteiger partial charge on any atom is 0.319 e. The van der Waals surface area contributed by atoms with E-state index in [0.717, 1.165) is 51.6 Å². The minimum atomic E-state index is -0.787. The molecule has 42 heavy (non-hydrogen) atoms. The molecule has 4 aliphatic rings. The Balaban J connectivity index is 1.28. The molecule has 220 valence electrons. The number of hydrogen-bond donors (Lipinski definition) is 2. The van der Waals surface area contributed by atoms with Gasteiger partial charge in [-0.25, -0.2) is 13.2 Å². The maximum atomic E-state index is 16.7. The molecule has 4 aliphatic heterocycles. The van der Waals surface area contributed by atoms with Crippen molar-refractivity contribution in [3.63, 3.8) is 0 Å². The van der Waals surface area contributed by atoms with Crippen molar-refractivity contribution < 1.29 is 17.9 Å². The van der Waals surface area contributed by atoms with E-state index in [-0.39, 0.29) is 28.2 Å². The fourth-order valence-corrected chi connectivity index (χ4v) is 8.16. The van der Waals surface area contributed by atoms with E-state index in [0.29, 0.717) is 65.9 Å². The maximum absolute atomic E-state index is 16.7. The molecule has 2 unspecified atom stereocenters. The summed E-state index contributed by atoms with van der Waals surface area (Å²) in [6.45, 7) is 5.82. The molecule has 2 bridgehead atoms. The first-order valence-electron chi connectivity index (χ1n) is 15.3. The number of nitrogens with one attached hydrogen (secondary N) is 2. The summed E-state index contributed by atoms with van der Waals surface area (Å²) in [7, 11) is 0. The number of aryl methyl sites for hydroxylation is 1. The van der Waals surface area contributed by atoms with Crippen LogP contribution in [-0.4, -0.2) is 70.3 Å². The molecule has 2 N–H and O–H groups in total. The third-order valence-corrected chi connectivity index (χ3v) is 10.2. The number of aromatic amines is 1. The number of benzene rings is 2. The summed E-state index contributed by atoms with van der Waals surface area (Å²) in [5.41, 5.74) is 1.11. The van der Waals surface area contributed by atoms with Crippen LogP contribution in [0.1, 0.15) is 51.0 Å². The predicted octanol–water partition coefficient (Wildman–Crippen LogP) is 5.71. The summed E-state index contributed by atoms with van der Waals surface area (Å²) in [5, 5.41) is 4.43. The number of rotatable bonds is 6. The van der Waals surface area contributed by atoms with Crippen molar-refractivity contribution in [2.45, 2.75) is 69.5 Å². The van der Waals surface area contributed by atoms with E-state index >= 15 is 8.78 Å². The summed E-state index contributed by atoms with van der Waals surface area (Å²) >= 11 is 0. The first-order valence-corrected chi connectivity index (χ1v) is 15.3. The number of anilines is 1. The summed E-state index contributed by atoms with van der Waals surface area (Å²) in [4.78, 5) is 17.1. The third-order valence-electron chi connectivity index (χ3n) is 10.2. The van der Waals surface area contributed by atoms with Crippen LogP contribution in [-0.2, 0) is 6.42 Å². The summed E-state index contributed by atoms with van der Waals surface area (Å²) in [5.74, 6) is -1.40. The van der Waals surface area contributed by atoms with Gasteiger partial charge in [0.05, 0.1) is 11.1 Å². The van der Waals surface area contributed by atoms with Gasteiger partial charge in [0, 0.05) is 53.2 Å². The first kappa shape index (κ1) is 26.3. The number of hydrogen-bond acceptors (Lipinski definition) is 6. The number of piperazine rings is 1. The van der Waals surface area contributed by atoms with E-state index < -0.39 is 17.5 Å². The predicted molar refractivity (Wildman–Crippen MR) is 157 cm³/mol. The van der Waals surface area contributed by atoms with Gasteiger partial charge in [-0.05, 0) is 81.8 Å². The smallest absolute Gasteiger partial charge is 0.319 e. The molecule has 0 amide bonds. The molecule has 4 aromatic rings. The summed E-state index contributed by atoms with van der Waals surface area (Å²) in [6.07, 6.45) is 8.48. The average molecular weight is 577 g/mol. The van der Waals surface area contributed by atoms with E-state index in [1.165, 1.54) is 12.1 Å². The van der Waals surface area contributed by atoms with Crippen molar-refractivity contribution in [3.05, 3.63) is 47.4 Å². The molecule has 7 nitrogen and oxygen atoms in total. The Hall–Kier alpha value is -3.37. The normalized spacial score (nSPS) is 23.4. The van der Waals surface area contributed by atoms with Crippen LogP contribution < -0.4 is 15.0 Å². The van der Waals surface area contributed by atoms with Gasteiger partial charge in [-0.3, -0.25) is 4.90 Å². The molecule has 0 aliphatic carbocycles. The van der Waals surface area contributed by atoms with E-state index in [1.54, 1.807) is 12.3 Å². The molecule has 10 heteroatoms. The summed E-state index contributed by atoms with van der Waals surface area (Å²) < 4.78 is 53.8. The number of fused-ring (bicyclic) bond motifs is 5. The Kier molecular flexibility index (Phi) is 6.16. The quantitative estimate of drug-likeness (QED) is 0.307. The van der Waals surface area contributed by atoms with Gasteiger partial charge >= 0.3 is 6.01 Å². The zero-order chi connectivity index (χ0) is 28.6. The molecule has 2 aromatic carbocycles. The van der Waals surface area contributed by atoms with Crippen molar-refractivity contribution in [1.82, 2.24) is 25.2 Å². The average Bonchev–Trinajstić information content (AvgIpc) is 3.75. The fraction of sp³-hybridized carbons (Fsp3) is 0.500. The molecule has 4 fully saturated rings. The zero-order valence-corrected chi connectivity index (χ0v) is 23.8. The highest BCUT2D eigenvalue weighted by molar-refractivity contribution is 6.01. The third kappa shape index (κ3) is 4.01. The van der Waals surface area contributed by atoms with Gasteiger partial charge in [0.2, 0.25) is 0 Å². The molecule has 0 radical (unpaired) electrons. The first-order chi connectivity index (χ1) is 20.4. The fourth-order valence-electron chi connectivity index (χ4n) is 8.16. The number of nitrogens with zero attached hydrogens (tertiary/aromatic N) is 4. The standard InChI is InChI=1S/C32H35F3N6O/c1-2-20-23(33)7-8-25-26(20)22(14-36-25)27-24(34)13-21-29(28(27)35)38-31(42-17-32-9-3-11-41(32)12-4-10-32)39-30(21)40-15-18-5-6-19(16-40)37-18/h7-8,13-14,18-19,36-37H,2-6,9-12,15-17H2,1H3. The number of H-pyrrole nitrogens is 1. The molecular weight excluding hydrogens is 541 g/mol. The lowest BCUT2D eigenvalue weighted by atomic mass is 9.95. The molecular formula is C32H35F3N6O. The van der Waals surface area contributed by atoms with Crippen LogP contribution in [0.4, 0.5) is 19.0 Å². The molecule has 0 spiro atoms. The highest BCUT2D eigenvalue weighted by Crippen LogP contribution is 2.42. The topological polar surface area (TPSA) is 69.3 Å². The van der Waals surface area contributed by atoms with Crippen LogP contribution in [0.5, 0.6) is 6.01 Å². The molecule has 2 atom stereocenters. The van der Waals surface area contributed by atoms with Gasteiger partial charge in [-0.1, -0.05) is 6.92 Å². The molecule has 0 saturated carbocycles. The lowest BCUT2D eigenvalue weighted by molar-refractivity contribution is 0.108. The highest BCUT2D eigenvalue weighted by Gasteiger charge is 2.45. The Morgan fingerprint density at radius 3 is 2.52 bits per heavy atom. The van der Waals surface area contributed by atoms with Crippen LogP contribution in [0.3, 0.4) is 0 Å². The second-order valence-corrected chi connectivity index (χ2v) is 12.5. The van der Waals surface area contributed by atoms with Crippen LogP contribution >= 0.6 is 0 Å². The van der Waals surface area contributed by atoms with Crippen LogP contribution in [0, 0.1) is 17.5 Å². The van der Waals surface area contributed by atoms with Crippen LogP contribution in [0.2, 0.25) is 0 Å². The molecule has 2 aromatic heterocycles. The van der Waals surface area contributed by atoms with Gasteiger partial charge in [-0.2, -0.15) is 9.97 Å². The highest BCUT2D eigenvalue weighted by atomic mass is 19.1.